The molecule has 0 aromatic heterocycles. The Morgan fingerprint density at radius 2 is 2.00 bits per heavy atom. The van der Waals surface area contributed by atoms with Crippen molar-refractivity contribution in [3.05, 3.63) is 0 Å². The van der Waals surface area contributed by atoms with E-state index in [1.807, 2.05) is 4.90 Å². The normalized spacial score (nSPS) is 19.2. The Morgan fingerprint density at radius 1 is 1.24 bits per heavy atom. The van der Waals surface area contributed by atoms with Crippen LogP contribution in [0.15, 0.2) is 0 Å². The number of unbranched alkanes of at least 4 members (excludes halogenated alkanes) is 3. The molecule has 1 saturated heterocycles. The van der Waals surface area contributed by atoms with Gasteiger partial charge in [0.1, 0.15) is 0 Å². The lowest BCUT2D eigenvalue weighted by atomic mass is 9.95. The fourth-order valence-electron chi connectivity index (χ4n) is 3.50. The summed E-state index contributed by atoms with van der Waals surface area (Å²) in [7, 11) is 1.67. The van der Waals surface area contributed by atoms with Gasteiger partial charge in [0.05, 0.1) is 6.10 Å². The molecule has 1 fully saturated rings. The highest BCUT2D eigenvalue weighted by Crippen LogP contribution is 2.24. The zero-order chi connectivity index (χ0) is 18.5. The third-order valence-corrected chi connectivity index (χ3v) is 4.95. The van der Waals surface area contributed by atoms with E-state index in [1.165, 1.54) is 0 Å². The van der Waals surface area contributed by atoms with Gasteiger partial charge in [0.15, 0.2) is 0 Å². The first-order valence-corrected chi connectivity index (χ1v) is 9.73. The minimum atomic E-state index is -0.740. The summed E-state index contributed by atoms with van der Waals surface area (Å²) < 4.78 is 5.01. The van der Waals surface area contributed by atoms with E-state index >= 15 is 0 Å². The van der Waals surface area contributed by atoms with Crippen LogP contribution in [0.3, 0.4) is 0 Å². The standard InChI is InChI=1S/C19H35NO5/c1-25-15-7-9-17(21)13-12-16-8-6-10-18(22)20(16)14-5-3-2-4-11-19(23)24/h16-17,21H,2-15H2,1H3,(H,23,24)/t16-,17?/m1/s1. The molecule has 0 aromatic carbocycles. The van der Waals surface area contributed by atoms with Crippen molar-refractivity contribution in [2.75, 3.05) is 20.3 Å². The second-order valence-electron chi connectivity index (χ2n) is 7.06. The maximum absolute atomic E-state index is 12.2. The van der Waals surface area contributed by atoms with Crippen LogP contribution < -0.4 is 0 Å². The first-order valence-electron chi connectivity index (χ1n) is 9.73. The van der Waals surface area contributed by atoms with E-state index in [-0.39, 0.29) is 24.5 Å². The van der Waals surface area contributed by atoms with Crippen molar-refractivity contribution >= 4 is 11.9 Å². The molecule has 1 aliphatic heterocycles. The van der Waals surface area contributed by atoms with Gasteiger partial charge in [-0.2, -0.15) is 0 Å². The van der Waals surface area contributed by atoms with Crippen LogP contribution in [0.1, 0.15) is 77.0 Å². The Kier molecular flexibility index (Phi) is 11.5. The molecule has 0 radical (unpaired) electrons. The molecular formula is C19H35NO5. The maximum Gasteiger partial charge on any atom is 0.303 e. The van der Waals surface area contributed by atoms with Crippen LogP contribution in [-0.2, 0) is 14.3 Å². The van der Waals surface area contributed by atoms with Crippen LogP contribution in [0.4, 0.5) is 0 Å². The Morgan fingerprint density at radius 3 is 2.72 bits per heavy atom. The molecule has 2 N–H and O–H groups in total. The molecule has 6 heteroatoms. The smallest absolute Gasteiger partial charge is 0.303 e. The third-order valence-electron chi connectivity index (χ3n) is 4.95. The molecule has 0 aromatic rings. The summed E-state index contributed by atoms with van der Waals surface area (Å²) in [6.07, 6.45) is 9.21. The summed E-state index contributed by atoms with van der Waals surface area (Å²) in [5.41, 5.74) is 0. The highest BCUT2D eigenvalue weighted by Gasteiger charge is 2.27. The van der Waals surface area contributed by atoms with Gasteiger partial charge in [0, 0.05) is 39.1 Å². The number of methoxy groups -OCH3 is 1. The highest BCUT2D eigenvalue weighted by molar-refractivity contribution is 5.77. The first kappa shape index (κ1) is 21.9. The molecule has 0 aliphatic carbocycles. The number of aliphatic hydroxyl groups excluding tert-OH is 1. The van der Waals surface area contributed by atoms with Crippen LogP contribution in [0, 0.1) is 0 Å². The first-order chi connectivity index (χ1) is 12.0. The SMILES string of the molecule is COCCCC(O)CC[C@H]1CCCC(=O)N1CCCCCCC(=O)O. The maximum atomic E-state index is 12.2. The van der Waals surface area contributed by atoms with E-state index in [4.69, 9.17) is 9.84 Å². The summed E-state index contributed by atoms with van der Waals surface area (Å²) in [6.45, 7) is 1.43. The van der Waals surface area contributed by atoms with Crippen molar-refractivity contribution in [3.8, 4) is 0 Å². The number of carbonyl (C=O) groups is 2. The van der Waals surface area contributed by atoms with E-state index in [2.05, 4.69) is 0 Å². The van der Waals surface area contributed by atoms with Crippen LogP contribution in [0.5, 0.6) is 0 Å². The molecule has 1 rings (SSSR count). The number of ether oxygens (including phenoxy) is 1. The third kappa shape index (κ3) is 9.80. The van der Waals surface area contributed by atoms with E-state index < -0.39 is 5.97 Å². The molecule has 1 heterocycles. The summed E-state index contributed by atoms with van der Waals surface area (Å²) in [5, 5.41) is 18.7. The predicted molar refractivity (Wildman–Crippen MR) is 96.4 cm³/mol. The Bertz CT molecular complexity index is 388. The van der Waals surface area contributed by atoms with E-state index in [9.17, 15) is 14.7 Å². The number of carboxylic acid groups (broad SMARTS) is 1. The van der Waals surface area contributed by atoms with E-state index in [0.29, 0.717) is 19.4 Å². The molecule has 1 unspecified atom stereocenters. The van der Waals surface area contributed by atoms with Gasteiger partial charge in [-0.3, -0.25) is 9.59 Å². The fourth-order valence-corrected chi connectivity index (χ4v) is 3.50. The van der Waals surface area contributed by atoms with Gasteiger partial charge in [-0.1, -0.05) is 12.8 Å². The van der Waals surface area contributed by atoms with Gasteiger partial charge in [0.25, 0.3) is 0 Å². The molecule has 0 bridgehead atoms. The van der Waals surface area contributed by atoms with Gasteiger partial charge in [-0.15, -0.1) is 0 Å². The number of aliphatic hydroxyl groups is 1. The van der Waals surface area contributed by atoms with Gasteiger partial charge in [0.2, 0.25) is 5.91 Å². The number of rotatable bonds is 14. The van der Waals surface area contributed by atoms with E-state index in [1.54, 1.807) is 7.11 Å². The molecule has 2 atom stereocenters. The summed E-state index contributed by atoms with van der Waals surface area (Å²) >= 11 is 0. The van der Waals surface area contributed by atoms with Crippen LogP contribution in [0.25, 0.3) is 0 Å². The monoisotopic (exact) mass is 357 g/mol. The number of hydrogen-bond donors (Lipinski definition) is 2. The van der Waals surface area contributed by atoms with Crippen LogP contribution in [-0.4, -0.2) is 59.4 Å². The van der Waals surface area contributed by atoms with Crippen molar-refractivity contribution in [1.29, 1.82) is 0 Å². The molecule has 6 nitrogen and oxygen atoms in total. The lowest BCUT2D eigenvalue weighted by Crippen LogP contribution is -2.44. The minimum Gasteiger partial charge on any atom is -0.481 e. The Hall–Kier alpha value is -1.14. The number of piperidine rings is 1. The summed E-state index contributed by atoms with van der Waals surface area (Å²) in [5.74, 6) is -0.508. The molecule has 0 spiro atoms. The average Bonchev–Trinajstić information content (AvgIpc) is 2.57. The number of carbonyl (C=O) groups excluding carboxylic acids is 1. The highest BCUT2D eigenvalue weighted by atomic mass is 16.5. The summed E-state index contributed by atoms with van der Waals surface area (Å²) in [6, 6.07) is 0.248. The Labute approximate surface area is 151 Å². The van der Waals surface area contributed by atoms with Gasteiger partial charge in [-0.25, -0.2) is 0 Å². The zero-order valence-electron chi connectivity index (χ0n) is 15.6. The van der Waals surface area contributed by atoms with Gasteiger partial charge >= 0.3 is 5.97 Å². The second kappa shape index (κ2) is 13.1. The zero-order valence-corrected chi connectivity index (χ0v) is 15.6. The van der Waals surface area contributed by atoms with Gasteiger partial charge < -0.3 is 19.8 Å². The largest absolute Gasteiger partial charge is 0.481 e. The van der Waals surface area contributed by atoms with Crippen molar-refractivity contribution in [2.45, 2.75) is 89.2 Å². The number of nitrogens with zero attached hydrogens (tertiary/aromatic N) is 1. The van der Waals surface area contributed by atoms with Crippen molar-refractivity contribution in [3.63, 3.8) is 0 Å². The topological polar surface area (TPSA) is 87.1 Å². The fraction of sp³-hybridized carbons (Fsp3) is 0.895. The second-order valence-corrected chi connectivity index (χ2v) is 7.06. The van der Waals surface area contributed by atoms with Crippen molar-refractivity contribution < 1.29 is 24.5 Å². The lowest BCUT2D eigenvalue weighted by molar-refractivity contribution is -0.137. The predicted octanol–water partition coefficient (Wildman–Crippen LogP) is 2.97. The molecule has 0 saturated carbocycles. The molecule has 146 valence electrons. The number of hydrogen-bond acceptors (Lipinski definition) is 4. The van der Waals surface area contributed by atoms with Crippen LogP contribution >= 0.6 is 0 Å². The lowest BCUT2D eigenvalue weighted by Gasteiger charge is -2.36. The number of carboxylic acids is 1. The van der Waals surface area contributed by atoms with E-state index in [0.717, 1.165) is 64.3 Å². The minimum absolute atomic E-state index is 0.228. The Balaban J connectivity index is 2.27. The molecule has 1 aliphatic rings. The number of aliphatic carboxylic acids is 1. The quantitative estimate of drug-likeness (QED) is 0.467. The van der Waals surface area contributed by atoms with Gasteiger partial charge in [-0.05, 0) is 51.4 Å². The average molecular weight is 357 g/mol. The van der Waals surface area contributed by atoms with Crippen molar-refractivity contribution in [2.24, 2.45) is 0 Å². The number of amides is 1. The van der Waals surface area contributed by atoms with Crippen LogP contribution in [0.2, 0.25) is 0 Å². The number of likely N-dealkylation sites (tertiary alicyclic amines) is 1. The molecular weight excluding hydrogens is 322 g/mol. The molecule has 25 heavy (non-hydrogen) atoms. The van der Waals surface area contributed by atoms with Crippen molar-refractivity contribution in [1.82, 2.24) is 4.90 Å². The molecule has 1 amide bonds. The summed E-state index contributed by atoms with van der Waals surface area (Å²) in [4.78, 5) is 24.7.